The van der Waals surface area contributed by atoms with Crippen LogP contribution in [0.4, 0.5) is 4.39 Å². The normalized spacial score (nSPS) is 16.9. The number of aromatic nitrogens is 2. The molecule has 1 aromatic carbocycles. The number of fused-ring (bicyclic) bond motifs is 1. The predicted octanol–water partition coefficient (Wildman–Crippen LogP) is 4.97. The predicted molar refractivity (Wildman–Crippen MR) is 120 cm³/mol. The second-order valence-corrected chi connectivity index (χ2v) is 7.96. The molecular formula is C22H26Cl2FN3O2. The number of halogens is 3. The summed E-state index contributed by atoms with van der Waals surface area (Å²) in [6.45, 7) is 2.85. The summed E-state index contributed by atoms with van der Waals surface area (Å²) >= 11 is 9.53. The molecule has 162 valence electrons. The van der Waals surface area contributed by atoms with Crippen molar-refractivity contribution in [2.45, 2.75) is 18.8 Å². The number of methoxy groups -OCH3 is 1. The monoisotopic (exact) mass is 453 g/mol. The van der Waals surface area contributed by atoms with E-state index in [9.17, 15) is 9.50 Å². The summed E-state index contributed by atoms with van der Waals surface area (Å²) < 4.78 is 19.3. The Kier molecular flexibility index (Phi) is 8.33. The molecule has 1 unspecified atom stereocenters. The first-order chi connectivity index (χ1) is 14.6. The van der Waals surface area contributed by atoms with E-state index in [0.717, 1.165) is 53.8 Å². The molecule has 2 aromatic heterocycles. The van der Waals surface area contributed by atoms with E-state index in [1.165, 1.54) is 12.1 Å². The highest BCUT2D eigenvalue weighted by molar-refractivity contribution is 6.40. The maximum Gasteiger partial charge on any atom is 0.138 e. The Morgan fingerprint density at radius 2 is 2.07 bits per heavy atom. The lowest BCUT2D eigenvalue weighted by Crippen LogP contribution is -2.36. The topological polar surface area (TPSA) is 61.4 Å². The van der Waals surface area contributed by atoms with Gasteiger partial charge in [0, 0.05) is 41.8 Å². The molecule has 1 aliphatic rings. The number of piperidine rings is 1. The molecule has 0 amide bonds. The van der Waals surface area contributed by atoms with E-state index in [-0.39, 0.29) is 17.8 Å². The molecule has 1 atom stereocenters. The summed E-state index contributed by atoms with van der Waals surface area (Å²) in [5.74, 6) is 0.721. The van der Waals surface area contributed by atoms with Crippen molar-refractivity contribution in [1.82, 2.24) is 14.9 Å². The third kappa shape index (κ3) is 5.24. The molecule has 1 saturated heterocycles. The molecule has 8 heteroatoms. The highest BCUT2D eigenvalue weighted by Crippen LogP contribution is 2.37. The van der Waals surface area contributed by atoms with Crippen LogP contribution in [0.1, 0.15) is 24.5 Å². The Morgan fingerprint density at radius 3 is 2.80 bits per heavy atom. The zero-order chi connectivity index (χ0) is 21.5. The quantitative estimate of drug-likeness (QED) is 0.535. The number of hydrogen-bond acceptors (Lipinski definition) is 4. The standard InChI is InChI=1S/C21H24FN3O2.CH2Cl2/c1-27-20-5-4-15(22)11-17(20)16-6-7-23-21-18(16)12-19(24-21)14-3-2-8-25(13-14)9-10-26;2-1-3/h4-7,11-12,14,26H,2-3,8-10,13H2,1H3,(H,23,24);1H2. The van der Waals surface area contributed by atoms with E-state index >= 15 is 0 Å². The Morgan fingerprint density at radius 1 is 1.27 bits per heavy atom. The highest BCUT2D eigenvalue weighted by Gasteiger charge is 2.23. The number of H-pyrrole nitrogens is 1. The second-order valence-electron chi connectivity index (χ2n) is 7.15. The van der Waals surface area contributed by atoms with Crippen LogP contribution in [0.5, 0.6) is 5.75 Å². The highest BCUT2D eigenvalue weighted by atomic mass is 35.5. The summed E-state index contributed by atoms with van der Waals surface area (Å²) in [4.78, 5) is 10.2. The van der Waals surface area contributed by atoms with Gasteiger partial charge in [0.05, 0.1) is 19.1 Å². The number of aliphatic hydroxyl groups excluding tert-OH is 1. The van der Waals surface area contributed by atoms with Crippen LogP contribution in [0, 0.1) is 5.82 Å². The van der Waals surface area contributed by atoms with Gasteiger partial charge in [0.2, 0.25) is 0 Å². The maximum absolute atomic E-state index is 13.9. The fourth-order valence-corrected chi connectivity index (χ4v) is 4.05. The van der Waals surface area contributed by atoms with Crippen molar-refractivity contribution in [2.75, 3.05) is 38.7 Å². The minimum Gasteiger partial charge on any atom is -0.496 e. The number of hydrogen-bond donors (Lipinski definition) is 2. The lowest BCUT2D eigenvalue weighted by molar-refractivity contribution is 0.160. The SMILES string of the molecule is COc1ccc(F)cc1-c1ccnc2[nH]c(C3CCCN(CCO)C3)cc12.ClCCl. The van der Waals surface area contributed by atoms with Gasteiger partial charge in [-0.25, -0.2) is 9.37 Å². The van der Waals surface area contributed by atoms with Crippen molar-refractivity contribution in [3.05, 3.63) is 48.0 Å². The molecule has 4 rings (SSSR count). The van der Waals surface area contributed by atoms with E-state index in [0.29, 0.717) is 18.2 Å². The van der Waals surface area contributed by atoms with Crippen LogP contribution < -0.4 is 4.74 Å². The van der Waals surface area contributed by atoms with E-state index in [1.807, 2.05) is 6.07 Å². The molecule has 3 aromatic rings. The lowest BCUT2D eigenvalue weighted by Gasteiger charge is -2.31. The molecule has 1 aliphatic heterocycles. The maximum atomic E-state index is 13.9. The molecule has 5 nitrogen and oxygen atoms in total. The molecule has 0 aliphatic carbocycles. The van der Waals surface area contributed by atoms with Crippen LogP contribution in [0.15, 0.2) is 36.5 Å². The van der Waals surface area contributed by atoms with Crippen molar-refractivity contribution in [2.24, 2.45) is 0 Å². The van der Waals surface area contributed by atoms with Gasteiger partial charge in [0.1, 0.15) is 17.2 Å². The zero-order valence-electron chi connectivity index (χ0n) is 16.9. The third-order valence-corrected chi connectivity index (χ3v) is 5.37. The first kappa shape index (κ1) is 22.8. The first-order valence-electron chi connectivity index (χ1n) is 9.88. The van der Waals surface area contributed by atoms with Crippen LogP contribution in [0.25, 0.3) is 22.2 Å². The Balaban J connectivity index is 0.000000806. The number of β-amino-alcohol motifs (C(OH)–C–C–N with tert-alkyl or cyclic N) is 1. The number of likely N-dealkylation sites (tertiary alicyclic amines) is 1. The third-order valence-electron chi connectivity index (χ3n) is 5.37. The Labute approximate surface area is 185 Å². The molecule has 1 fully saturated rings. The van der Waals surface area contributed by atoms with Crippen LogP contribution in [0.2, 0.25) is 0 Å². The number of rotatable bonds is 5. The van der Waals surface area contributed by atoms with Crippen LogP contribution in [0.3, 0.4) is 0 Å². The van der Waals surface area contributed by atoms with E-state index in [2.05, 4.69) is 20.9 Å². The van der Waals surface area contributed by atoms with Crippen LogP contribution in [-0.2, 0) is 0 Å². The largest absolute Gasteiger partial charge is 0.496 e. The van der Waals surface area contributed by atoms with Gasteiger partial charge in [0.25, 0.3) is 0 Å². The molecule has 30 heavy (non-hydrogen) atoms. The van der Waals surface area contributed by atoms with Crippen molar-refractivity contribution in [3.8, 4) is 16.9 Å². The van der Waals surface area contributed by atoms with Gasteiger partial charge in [0.15, 0.2) is 0 Å². The Bertz CT molecular complexity index is 965. The van der Waals surface area contributed by atoms with Crippen molar-refractivity contribution in [1.29, 1.82) is 0 Å². The molecule has 3 heterocycles. The second kappa shape index (κ2) is 11.0. The van der Waals surface area contributed by atoms with Crippen LogP contribution >= 0.6 is 23.2 Å². The fourth-order valence-electron chi connectivity index (χ4n) is 4.05. The van der Waals surface area contributed by atoms with Gasteiger partial charge >= 0.3 is 0 Å². The van der Waals surface area contributed by atoms with Gasteiger partial charge < -0.3 is 19.7 Å². The summed E-state index contributed by atoms with van der Waals surface area (Å²) in [7, 11) is 1.59. The van der Waals surface area contributed by atoms with E-state index in [4.69, 9.17) is 27.9 Å². The average molecular weight is 454 g/mol. The summed E-state index contributed by atoms with van der Waals surface area (Å²) in [5, 5.41) is 10.4. The number of nitrogens with one attached hydrogen (secondary N) is 1. The van der Waals surface area contributed by atoms with Gasteiger partial charge in [-0.2, -0.15) is 0 Å². The summed E-state index contributed by atoms with van der Waals surface area (Å²) in [6.07, 6.45) is 3.95. The number of aliphatic hydroxyl groups is 1. The van der Waals surface area contributed by atoms with Crippen molar-refractivity contribution < 1.29 is 14.2 Å². The number of alkyl halides is 2. The van der Waals surface area contributed by atoms with Gasteiger partial charge in [-0.15, -0.1) is 23.2 Å². The molecule has 0 saturated carbocycles. The van der Waals surface area contributed by atoms with Gasteiger partial charge in [-0.1, -0.05) is 0 Å². The van der Waals surface area contributed by atoms with E-state index < -0.39 is 0 Å². The van der Waals surface area contributed by atoms with Crippen LogP contribution in [-0.4, -0.2) is 58.7 Å². The van der Waals surface area contributed by atoms with Crippen molar-refractivity contribution in [3.63, 3.8) is 0 Å². The average Bonchev–Trinajstić information content (AvgIpc) is 3.19. The molecular weight excluding hydrogens is 428 g/mol. The number of aromatic amines is 1. The number of pyridine rings is 1. The van der Waals surface area contributed by atoms with Gasteiger partial charge in [-0.05, 0) is 55.3 Å². The minimum absolute atomic E-state index is 0.185. The summed E-state index contributed by atoms with van der Waals surface area (Å²) in [5.41, 5.74) is 3.57. The minimum atomic E-state index is -0.293. The number of nitrogens with zero attached hydrogens (tertiary/aromatic N) is 2. The fraction of sp³-hybridized carbons (Fsp3) is 0.409. The summed E-state index contributed by atoms with van der Waals surface area (Å²) in [6, 6.07) is 8.59. The smallest absolute Gasteiger partial charge is 0.138 e. The molecule has 0 bridgehead atoms. The number of benzene rings is 1. The van der Waals surface area contributed by atoms with E-state index in [1.54, 1.807) is 19.4 Å². The zero-order valence-corrected chi connectivity index (χ0v) is 18.4. The lowest BCUT2D eigenvalue weighted by atomic mass is 9.94. The first-order valence-corrected chi connectivity index (χ1v) is 10.9. The van der Waals surface area contributed by atoms with Crippen molar-refractivity contribution >= 4 is 34.2 Å². The number of ether oxygens (including phenoxy) is 1. The molecule has 2 N–H and O–H groups in total. The van der Waals surface area contributed by atoms with Gasteiger partial charge in [-0.3, -0.25) is 0 Å². The Hall–Kier alpha value is -1.86. The molecule has 0 radical (unpaired) electrons. The molecule has 0 spiro atoms.